The van der Waals surface area contributed by atoms with Crippen molar-refractivity contribution in [3.05, 3.63) is 35.4 Å². The van der Waals surface area contributed by atoms with Crippen LogP contribution >= 0.6 is 0 Å². The first-order chi connectivity index (χ1) is 11.7. The molecule has 2 aliphatic heterocycles. The van der Waals surface area contributed by atoms with Crippen LogP contribution in [0.25, 0.3) is 10.8 Å². The SMILES string of the molecule is CC.CC.CN1COc2c(ccc3c4c(ccc23)CN(C)CO4)C1. The Labute approximate surface area is 146 Å². The van der Waals surface area contributed by atoms with E-state index in [0.717, 1.165) is 24.6 Å². The maximum Gasteiger partial charge on any atom is 0.142 e. The van der Waals surface area contributed by atoms with Gasteiger partial charge in [0, 0.05) is 35.0 Å². The normalized spacial score (nSPS) is 16.4. The first-order valence-corrected chi connectivity index (χ1v) is 8.92. The predicted octanol–water partition coefficient (Wildman–Crippen LogP) is 4.46. The lowest BCUT2D eigenvalue weighted by molar-refractivity contribution is 0.121. The van der Waals surface area contributed by atoms with E-state index in [9.17, 15) is 0 Å². The van der Waals surface area contributed by atoms with Gasteiger partial charge < -0.3 is 9.47 Å². The predicted molar refractivity (Wildman–Crippen MR) is 101 cm³/mol. The van der Waals surface area contributed by atoms with Gasteiger partial charge in [-0.15, -0.1) is 0 Å². The maximum absolute atomic E-state index is 5.92. The summed E-state index contributed by atoms with van der Waals surface area (Å²) in [6.45, 7) is 11.2. The third-order valence-corrected chi connectivity index (χ3v) is 4.00. The second-order valence-corrected chi connectivity index (χ2v) is 5.78. The van der Waals surface area contributed by atoms with Gasteiger partial charge in [-0.2, -0.15) is 0 Å². The quantitative estimate of drug-likeness (QED) is 0.712. The topological polar surface area (TPSA) is 24.9 Å². The summed E-state index contributed by atoms with van der Waals surface area (Å²) in [5, 5.41) is 2.33. The van der Waals surface area contributed by atoms with Crippen molar-refractivity contribution in [3.8, 4) is 11.5 Å². The summed E-state index contributed by atoms with van der Waals surface area (Å²) in [5.74, 6) is 2.04. The van der Waals surface area contributed by atoms with Gasteiger partial charge in [0.2, 0.25) is 0 Å². The van der Waals surface area contributed by atoms with Crippen molar-refractivity contribution in [2.24, 2.45) is 0 Å². The average molecular weight is 330 g/mol. The zero-order valence-electron chi connectivity index (χ0n) is 15.8. The molecule has 0 saturated heterocycles. The van der Waals surface area contributed by atoms with E-state index in [2.05, 4.69) is 48.2 Å². The minimum atomic E-state index is 0.646. The number of benzene rings is 2. The van der Waals surface area contributed by atoms with Gasteiger partial charge in [0.1, 0.15) is 25.0 Å². The summed E-state index contributed by atoms with van der Waals surface area (Å²) in [5.41, 5.74) is 2.50. The van der Waals surface area contributed by atoms with Crippen molar-refractivity contribution in [1.82, 2.24) is 9.80 Å². The first-order valence-electron chi connectivity index (χ1n) is 8.92. The van der Waals surface area contributed by atoms with Gasteiger partial charge in [0.25, 0.3) is 0 Å². The fourth-order valence-corrected chi connectivity index (χ4v) is 3.05. The Bertz CT molecular complexity index is 626. The van der Waals surface area contributed by atoms with Crippen LogP contribution in [0.3, 0.4) is 0 Å². The number of ether oxygens (including phenoxy) is 2. The van der Waals surface area contributed by atoms with Crippen LogP contribution in [0.15, 0.2) is 24.3 Å². The molecule has 2 heterocycles. The van der Waals surface area contributed by atoms with E-state index in [1.54, 1.807) is 0 Å². The van der Waals surface area contributed by atoms with Crippen molar-refractivity contribution >= 4 is 10.8 Å². The lowest BCUT2D eigenvalue weighted by Gasteiger charge is -2.29. The van der Waals surface area contributed by atoms with Crippen LogP contribution in [0.5, 0.6) is 11.5 Å². The molecule has 0 unspecified atom stereocenters. The van der Waals surface area contributed by atoms with Gasteiger partial charge in [0.05, 0.1) is 0 Å². The number of rotatable bonds is 0. The monoisotopic (exact) mass is 330 g/mol. The highest BCUT2D eigenvalue weighted by Gasteiger charge is 2.22. The van der Waals surface area contributed by atoms with Crippen molar-refractivity contribution in [2.45, 2.75) is 40.8 Å². The van der Waals surface area contributed by atoms with E-state index in [4.69, 9.17) is 9.47 Å². The molecule has 2 aromatic carbocycles. The summed E-state index contributed by atoms with van der Waals surface area (Å²) in [6.07, 6.45) is 0. The van der Waals surface area contributed by atoms with Crippen LogP contribution in [-0.2, 0) is 13.1 Å². The fourth-order valence-electron chi connectivity index (χ4n) is 3.05. The van der Waals surface area contributed by atoms with Gasteiger partial charge in [-0.05, 0) is 14.1 Å². The second-order valence-electron chi connectivity index (χ2n) is 5.78. The van der Waals surface area contributed by atoms with Crippen LogP contribution in [0.2, 0.25) is 0 Å². The molecule has 0 N–H and O–H groups in total. The van der Waals surface area contributed by atoms with Crippen LogP contribution < -0.4 is 9.47 Å². The Kier molecular flexibility index (Phi) is 6.46. The molecule has 4 rings (SSSR count). The number of hydrogen-bond donors (Lipinski definition) is 0. The zero-order chi connectivity index (χ0) is 17.7. The lowest BCUT2D eigenvalue weighted by Crippen LogP contribution is -2.29. The molecule has 0 radical (unpaired) electrons. The maximum atomic E-state index is 5.92. The zero-order valence-corrected chi connectivity index (χ0v) is 15.8. The Hall–Kier alpha value is -1.78. The van der Waals surface area contributed by atoms with E-state index in [0.29, 0.717) is 13.5 Å². The second kappa shape index (κ2) is 8.36. The number of fused-ring (bicyclic) bond motifs is 5. The molecule has 0 aliphatic carbocycles. The molecule has 0 atom stereocenters. The molecular weight excluding hydrogens is 300 g/mol. The summed E-state index contributed by atoms with van der Waals surface area (Å²) >= 11 is 0. The molecule has 0 fully saturated rings. The third kappa shape index (κ3) is 3.50. The van der Waals surface area contributed by atoms with E-state index in [1.165, 1.54) is 21.9 Å². The highest BCUT2D eigenvalue weighted by molar-refractivity contribution is 5.95. The molecule has 0 bridgehead atoms. The average Bonchev–Trinajstić information content (AvgIpc) is 2.64. The molecule has 0 spiro atoms. The Morgan fingerprint density at radius 1 is 0.667 bits per heavy atom. The van der Waals surface area contributed by atoms with Crippen molar-refractivity contribution in [3.63, 3.8) is 0 Å². The molecular formula is C20H30N2O2. The standard InChI is InChI=1S/C16H18N2O2.2C2H6/c1-17-7-11-3-5-14-13(15(11)19-9-17)6-4-12-8-18(2)10-20-16(12)14;2*1-2/h3-6H,7-10H2,1-2H3;2*1-2H3. The van der Waals surface area contributed by atoms with Crippen LogP contribution in [0.4, 0.5) is 0 Å². The highest BCUT2D eigenvalue weighted by Crippen LogP contribution is 2.40. The van der Waals surface area contributed by atoms with Crippen molar-refractivity contribution < 1.29 is 9.47 Å². The van der Waals surface area contributed by atoms with Gasteiger partial charge in [-0.3, -0.25) is 9.80 Å². The molecule has 132 valence electrons. The van der Waals surface area contributed by atoms with Gasteiger partial charge >= 0.3 is 0 Å². The van der Waals surface area contributed by atoms with E-state index in [-0.39, 0.29) is 0 Å². The number of hydrogen-bond acceptors (Lipinski definition) is 4. The minimum absolute atomic E-state index is 0.646. The fraction of sp³-hybridized carbons (Fsp3) is 0.500. The minimum Gasteiger partial charge on any atom is -0.477 e. The summed E-state index contributed by atoms with van der Waals surface area (Å²) in [6, 6.07) is 8.66. The highest BCUT2D eigenvalue weighted by atomic mass is 16.5. The first kappa shape index (κ1) is 18.6. The Morgan fingerprint density at radius 3 is 1.42 bits per heavy atom. The number of nitrogens with zero attached hydrogens (tertiary/aromatic N) is 2. The Balaban J connectivity index is 0.000000487. The summed E-state index contributed by atoms with van der Waals surface area (Å²) in [4.78, 5) is 4.33. The van der Waals surface area contributed by atoms with E-state index < -0.39 is 0 Å². The van der Waals surface area contributed by atoms with Crippen molar-refractivity contribution in [1.29, 1.82) is 0 Å². The van der Waals surface area contributed by atoms with E-state index >= 15 is 0 Å². The van der Waals surface area contributed by atoms with Crippen LogP contribution in [0, 0.1) is 0 Å². The van der Waals surface area contributed by atoms with Gasteiger partial charge in [-0.1, -0.05) is 52.0 Å². The molecule has 2 aliphatic rings. The third-order valence-electron chi connectivity index (χ3n) is 4.00. The molecule has 24 heavy (non-hydrogen) atoms. The molecule has 2 aromatic rings. The smallest absolute Gasteiger partial charge is 0.142 e. The van der Waals surface area contributed by atoms with Crippen LogP contribution in [-0.4, -0.2) is 37.4 Å². The lowest BCUT2D eigenvalue weighted by atomic mass is 10.00. The van der Waals surface area contributed by atoms with Crippen LogP contribution in [0.1, 0.15) is 38.8 Å². The molecule has 4 nitrogen and oxygen atoms in total. The summed E-state index contributed by atoms with van der Waals surface area (Å²) < 4.78 is 11.8. The molecule has 0 aromatic heterocycles. The van der Waals surface area contributed by atoms with Gasteiger partial charge in [0.15, 0.2) is 0 Å². The molecule has 0 saturated carbocycles. The summed E-state index contributed by atoms with van der Waals surface area (Å²) in [7, 11) is 4.14. The molecule has 4 heteroatoms. The largest absolute Gasteiger partial charge is 0.477 e. The Morgan fingerprint density at radius 2 is 1.04 bits per heavy atom. The van der Waals surface area contributed by atoms with E-state index in [1.807, 2.05) is 27.7 Å². The van der Waals surface area contributed by atoms with Crippen molar-refractivity contribution in [2.75, 3.05) is 27.6 Å². The molecule has 0 amide bonds. The van der Waals surface area contributed by atoms with Gasteiger partial charge in [-0.25, -0.2) is 0 Å².